The monoisotopic (exact) mass is 406 g/mol. The lowest BCUT2D eigenvalue weighted by Gasteiger charge is -2.08. The molecule has 0 aliphatic rings. The van der Waals surface area contributed by atoms with Crippen LogP contribution in [-0.2, 0) is 21.2 Å². The number of nitrogens with one attached hydrogen (secondary N) is 2. The Labute approximate surface area is 160 Å². The Balaban J connectivity index is 1.51. The fourth-order valence-electron chi connectivity index (χ4n) is 2.17. The molecule has 2 aromatic heterocycles. The maximum Gasteiger partial charge on any atom is 0.248 e. The minimum Gasteiger partial charge on any atom is -0.421 e. The molecule has 0 spiro atoms. The van der Waals surface area contributed by atoms with E-state index < -0.39 is 10.0 Å². The van der Waals surface area contributed by atoms with Crippen LogP contribution in [0.3, 0.4) is 0 Å². The molecule has 0 aliphatic heterocycles. The molecule has 3 aromatic rings. The Morgan fingerprint density at radius 1 is 1.15 bits per heavy atom. The number of amides is 1. The number of aromatic nitrogens is 2. The van der Waals surface area contributed by atoms with Gasteiger partial charge in [0.15, 0.2) is 0 Å². The normalized spacial score (nSPS) is 11.3. The van der Waals surface area contributed by atoms with Crippen molar-refractivity contribution in [3.8, 4) is 11.5 Å². The summed E-state index contributed by atoms with van der Waals surface area (Å²) in [5, 5.41) is 14.5. The van der Waals surface area contributed by atoms with Crippen LogP contribution in [0.5, 0.6) is 0 Å². The molecule has 0 bridgehead atoms. The fraction of sp³-hybridized carbons (Fsp3) is 0.235. The first-order valence-electron chi connectivity index (χ1n) is 8.20. The molecule has 142 valence electrons. The van der Waals surface area contributed by atoms with Gasteiger partial charge in [-0.2, -0.15) is 11.3 Å². The molecule has 1 aromatic carbocycles. The Bertz CT molecular complexity index is 996. The number of hydrogen-bond acceptors (Lipinski definition) is 7. The molecule has 0 aliphatic carbocycles. The first-order chi connectivity index (χ1) is 12.9. The van der Waals surface area contributed by atoms with E-state index in [1.165, 1.54) is 11.3 Å². The molecule has 2 N–H and O–H groups in total. The second-order valence-electron chi connectivity index (χ2n) is 5.64. The lowest BCUT2D eigenvalue weighted by atomic mass is 10.2. The number of rotatable bonds is 8. The van der Waals surface area contributed by atoms with E-state index in [9.17, 15) is 13.2 Å². The first kappa shape index (κ1) is 19.1. The van der Waals surface area contributed by atoms with Crippen molar-refractivity contribution in [1.29, 1.82) is 0 Å². The number of sulfonamides is 1. The summed E-state index contributed by atoms with van der Waals surface area (Å²) in [6.45, 7) is 1.56. The molecule has 3 rings (SSSR count). The van der Waals surface area contributed by atoms with Gasteiger partial charge in [-0.25, -0.2) is 8.42 Å². The van der Waals surface area contributed by atoms with E-state index in [0.717, 1.165) is 5.56 Å². The second-order valence-corrected chi connectivity index (χ2v) is 8.43. The minimum absolute atomic E-state index is 0.00468. The van der Waals surface area contributed by atoms with E-state index in [1.807, 2.05) is 16.8 Å². The van der Waals surface area contributed by atoms with Gasteiger partial charge in [-0.15, -0.1) is 10.2 Å². The third-order valence-corrected chi connectivity index (χ3v) is 5.61. The van der Waals surface area contributed by atoms with Crippen LogP contribution in [0, 0.1) is 0 Å². The summed E-state index contributed by atoms with van der Waals surface area (Å²) in [5.74, 6) is 0.634. The zero-order valence-corrected chi connectivity index (χ0v) is 16.1. The Kier molecular flexibility index (Phi) is 5.87. The van der Waals surface area contributed by atoms with Crippen LogP contribution >= 0.6 is 11.3 Å². The minimum atomic E-state index is -3.32. The predicted octanol–water partition coefficient (Wildman–Crippen LogP) is 3.13. The van der Waals surface area contributed by atoms with Gasteiger partial charge in [0.05, 0.1) is 5.75 Å². The Hall–Kier alpha value is -2.72. The zero-order chi connectivity index (χ0) is 19.3. The predicted molar refractivity (Wildman–Crippen MR) is 104 cm³/mol. The molecular formula is C17H18N4O4S2. The van der Waals surface area contributed by atoms with Gasteiger partial charge in [-0.1, -0.05) is 0 Å². The first-order valence-corrected chi connectivity index (χ1v) is 10.8. The topological polar surface area (TPSA) is 114 Å². The summed E-state index contributed by atoms with van der Waals surface area (Å²) < 4.78 is 31.0. The van der Waals surface area contributed by atoms with Crippen LogP contribution < -0.4 is 10.0 Å². The van der Waals surface area contributed by atoms with Crippen molar-refractivity contribution in [3.63, 3.8) is 0 Å². The van der Waals surface area contributed by atoms with Gasteiger partial charge in [0.25, 0.3) is 0 Å². The SMILES string of the molecule is CCS(=O)(=O)Nc1ccc(NC(=O)CCc2nnc(-c3ccsc3)o2)cc1. The van der Waals surface area contributed by atoms with E-state index in [4.69, 9.17) is 4.42 Å². The maximum absolute atomic E-state index is 12.1. The molecule has 27 heavy (non-hydrogen) atoms. The highest BCUT2D eigenvalue weighted by Gasteiger charge is 2.11. The van der Waals surface area contributed by atoms with Crippen molar-refractivity contribution in [3.05, 3.63) is 47.0 Å². The molecule has 0 unspecified atom stereocenters. The largest absolute Gasteiger partial charge is 0.421 e. The average molecular weight is 406 g/mol. The quantitative estimate of drug-likeness (QED) is 0.594. The smallest absolute Gasteiger partial charge is 0.248 e. The van der Waals surface area contributed by atoms with Crippen molar-refractivity contribution >= 4 is 38.6 Å². The molecule has 1 amide bonds. The van der Waals surface area contributed by atoms with Crippen LogP contribution in [-0.4, -0.2) is 30.3 Å². The summed E-state index contributed by atoms with van der Waals surface area (Å²) in [6.07, 6.45) is 0.521. The molecule has 0 saturated carbocycles. The second kappa shape index (κ2) is 8.31. The van der Waals surface area contributed by atoms with E-state index in [2.05, 4.69) is 20.2 Å². The highest BCUT2D eigenvalue weighted by atomic mass is 32.2. The summed E-state index contributed by atoms with van der Waals surface area (Å²) >= 11 is 1.54. The number of carbonyl (C=O) groups is 1. The van der Waals surface area contributed by atoms with E-state index in [-0.39, 0.29) is 18.1 Å². The fourth-order valence-corrected chi connectivity index (χ4v) is 3.44. The molecule has 0 atom stereocenters. The van der Waals surface area contributed by atoms with Crippen LogP contribution in [0.15, 0.2) is 45.5 Å². The number of anilines is 2. The van der Waals surface area contributed by atoms with Crippen LogP contribution in [0.2, 0.25) is 0 Å². The summed E-state index contributed by atoms with van der Waals surface area (Å²) in [5.41, 5.74) is 1.88. The number of carbonyl (C=O) groups excluding carboxylic acids is 1. The van der Waals surface area contributed by atoms with E-state index in [1.54, 1.807) is 31.2 Å². The molecule has 0 saturated heterocycles. The number of hydrogen-bond donors (Lipinski definition) is 2. The summed E-state index contributed by atoms with van der Waals surface area (Å²) in [7, 11) is -3.32. The third kappa shape index (κ3) is 5.38. The lowest BCUT2D eigenvalue weighted by molar-refractivity contribution is -0.116. The maximum atomic E-state index is 12.1. The van der Waals surface area contributed by atoms with Gasteiger partial charge in [0.1, 0.15) is 0 Å². The van der Waals surface area contributed by atoms with Gasteiger partial charge >= 0.3 is 0 Å². The standard InChI is InChI=1S/C17H18N4O4S2/c1-2-27(23,24)21-14-5-3-13(4-6-14)18-15(22)7-8-16-19-20-17(25-16)12-9-10-26-11-12/h3-6,9-11,21H,2,7-8H2,1H3,(H,18,22). The molecule has 2 heterocycles. The van der Waals surface area contributed by atoms with Crippen molar-refractivity contribution in [1.82, 2.24) is 10.2 Å². The zero-order valence-electron chi connectivity index (χ0n) is 14.5. The lowest BCUT2D eigenvalue weighted by Crippen LogP contribution is -2.15. The molecule has 0 fully saturated rings. The number of thiophene rings is 1. The van der Waals surface area contributed by atoms with Crippen molar-refractivity contribution in [2.45, 2.75) is 19.8 Å². The summed E-state index contributed by atoms with van der Waals surface area (Å²) in [6, 6.07) is 8.33. The number of benzene rings is 1. The molecule has 0 radical (unpaired) electrons. The third-order valence-electron chi connectivity index (χ3n) is 3.62. The molecule has 10 heteroatoms. The number of nitrogens with zero attached hydrogens (tertiary/aromatic N) is 2. The average Bonchev–Trinajstić information content (AvgIpc) is 3.33. The van der Waals surface area contributed by atoms with Crippen LogP contribution in [0.4, 0.5) is 11.4 Å². The van der Waals surface area contributed by atoms with Gasteiger partial charge < -0.3 is 9.73 Å². The van der Waals surface area contributed by atoms with Crippen molar-refractivity contribution in [2.24, 2.45) is 0 Å². The van der Waals surface area contributed by atoms with Crippen molar-refractivity contribution in [2.75, 3.05) is 15.8 Å². The van der Waals surface area contributed by atoms with Crippen molar-refractivity contribution < 1.29 is 17.6 Å². The number of aryl methyl sites for hydroxylation is 1. The molecule has 8 nitrogen and oxygen atoms in total. The van der Waals surface area contributed by atoms with Gasteiger partial charge in [-0.3, -0.25) is 9.52 Å². The van der Waals surface area contributed by atoms with E-state index >= 15 is 0 Å². The Morgan fingerprint density at radius 3 is 2.56 bits per heavy atom. The molecular weight excluding hydrogens is 388 g/mol. The highest BCUT2D eigenvalue weighted by molar-refractivity contribution is 7.92. The summed E-state index contributed by atoms with van der Waals surface area (Å²) in [4.78, 5) is 12.1. The van der Waals surface area contributed by atoms with Gasteiger partial charge in [0, 0.05) is 35.2 Å². The van der Waals surface area contributed by atoms with Crippen LogP contribution in [0.25, 0.3) is 11.5 Å². The van der Waals surface area contributed by atoms with E-state index in [0.29, 0.717) is 29.6 Å². The highest BCUT2D eigenvalue weighted by Crippen LogP contribution is 2.21. The van der Waals surface area contributed by atoms with Gasteiger partial charge in [-0.05, 0) is 42.6 Å². The Morgan fingerprint density at radius 2 is 1.89 bits per heavy atom. The van der Waals surface area contributed by atoms with Crippen LogP contribution in [0.1, 0.15) is 19.2 Å². The van der Waals surface area contributed by atoms with Gasteiger partial charge in [0.2, 0.25) is 27.7 Å².